The van der Waals surface area contributed by atoms with Crippen molar-refractivity contribution in [3.63, 3.8) is 0 Å². The van der Waals surface area contributed by atoms with Crippen molar-refractivity contribution >= 4 is 17.5 Å². The van der Waals surface area contributed by atoms with E-state index in [9.17, 15) is 4.79 Å². The molecular formula is C8H15ClN2O. The molecule has 0 aromatic carbocycles. The number of primary amides is 1. The Morgan fingerprint density at radius 1 is 1.58 bits per heavy atom. The third kappa shape index (κ3) is 2.35. The Labute approximate surface area is 77.4 Å². The van der Waals surface area contributed by atoms with Gasteiger partial charge >= 0.3 is 0 Å². The number of amides is 1. The number of hydrogen-bond donors (Lipinski definition) is 2. The molecule has 3 unspecified atom stereocenters. The van der Waals surface area contributed by atoms with Crippen molar-refractivity contribution in [3.05, 3.63) is 0 Å². The van der Waals surface area contributed by atoms with E-state index in [1.807, 2.05) is 0 Å². The lowest BCUT2D eigenvalue weighted by molar-refractivity contribution is -0.118. The minimum atomic E-state index is -0.339. The summed E-state index contributed by atoms with van der Waals surface area (Å²) in [5.74, 6) is -0.0618. The van der Waals surface area contributed by atoms with Gasteiger partial charge in [-0.25, -0.2) is 0 Å². The average molecular weight is 191 g/mol. The molecule has 0 spiro atoms. The standard InChI is InChI=1S/C8H15ClN2O/c9-6(4-8(11)12)5-2-1-3-7(5)10/h5-7H,1-4,10H2,(H2,11,12). The molecule has 1 aliphatic rings. The Kier molecular flexibility index (Phi) is 3.35. The van der Waals surface area contributed by atoms with Gasteiger partial charge in [0.15, 0.2) is 0 Å². The zero-order valence-electron chi connectivity index (χ0n) is 7.00. The first-order valence-corrected chi connectivity index (χ1v) is 4.73. The number of hydrogen-bond acceptors (Lipinski definition) is 2. The molecule has 0 bridgehead atoms. The molecule has 3 atom stereocenters. The Morgan fingerprint density at radius 2 is 2.25 bits per heavy atom. The molecule has 0 aliphatic heterocycles. The highest BCUT2D eigenvalue weighted by molar-refractivity contribution is 6.21. The largest absolute Gasteiger partial charge is 0.370 e. The predicted molar refractivity (Wildman–Crippen MR) is 48.8 cm³/mol. The van der Waals surface area contributed by atoms with Gasteiger partial charge in [-0.05, 0) is 18.8 Å². The Balaban J connectivity index is 2.40. The van der Waals surface area contributed by atoms with E-state index in [0.29, 0.717) is 0 Å². The summed E-state index contributed by atoms with van der Waals surface area (Å²) in [6.45, 7) is 0. The van der Waals surface area contributed by atoms with Crippen molar-refractivity contribution in [2.75, 3.05) is 0 Å². The van der Waals surface area contributed by atoms with Crippen LogP contribution in [-0.4, -0.2) is 17.3 Å². The lowest BCUT2D eigenvalue weighted by Gasteiger charge is -2.19. The van der Waals surface area contributed by atoms with Crippen LogP contribution in [0.4, 0.5) is 0 Å². The molecule has 1 rings (SSSR count). The van der Waals surface area contributed by atoms with Crippen molar-refractivity contribution in [2.24, 2.45) is 17.4 Å². The van der Waals surface area contributed by atoms with E-state index in [0.717, 1.165) is 19.3 Å². The second-order valence-electron chi connectivity index (χ2n) is 3.45. The molecule has 0 heterocycles. The van der Waals surface area contributed by atoms with Crippen LogP contribution in [0.25, 0.3) is 0 Å². The van der Waals surface area contributed by atoms with Crippen molar-refractivity contribution in [3.8, 4) is 0 Å². The molecule has 3 nitrogen and oxygen atoms in total. The van der Waals surface area contributed by atoms with E-state index < -0.39 is 0 Å². The summed E-state index contributed by atoms with van der Waals surface area (Å²) in [5, 5.41) is -0.167. The Morgan fingerprint density at radius 3 is 2.67 bits per heavy atom. The van der Waals surface area contributed by atoms with Crippen LogP contribution in [0.5, 0.6) is 0 Å². The maximum atomic E-state index is 10.6. The number of carbonyl (C=O) groups excluding carboxylic acids is 1. The lowest BCUT2D eigenvalue weighted by atomic mass is 9.97. The van der Waals surface area contributed by atoms with Crippen LogP contribution >= 0.6 is 11.6 Å². The topological polar surface area (TPSA) is 69.1 Å². The normalized spacial score (nSPS) is 31.8. The zero-order chi connectivity index (χ0) is 9.14. The molecule has 12 heavy (non-hydrogen) atoms. The summed E-state index contributed by atoms with van der Waals surface area (Å²) in [7, 11) is 0. The minimum absolute atomic E-state index is 0.159. The molecular weight excluding hydrogens is 176 g/mol. The second-order valence-corrected chi connectivity index (χ2v) is 4.01. The molecule has 1 aliphatic carbocycles. The van der Waals surface area contributed by atoms with Gasteiger partial charge < -0.3 is 11.5 Å². The Hall–Kier alpha value is -0.280. The fraction of sp³-hybridized carbons (Fsp3) is 0.875. The van der Waals surface area contributed by atoms with Crippen molar-refractivity contribution in [2.45, 2.75) is 37.1 Å². The van der Waals surface area contributed by atoms with Crippen molar-refractivity contribution in [1.82, 2.24) is 0 Å². The summed E-state index contributed by atoms with van der Waals surface area (Å²) in [4.78, 5) is 10.6. The molecule has 0 radical (unpaired) electrons. The van der Waals surface area contributed by atoms with Crippen LogP contribution in [0.15, 0.2) is 0 Å². The molecule has 1 amide bonds. The first-order chi connectivity index (χ1) is 5.61. The van der Waals surface area contributed by atoms with Gasteiger partial charge in [-0.2, -0.15) is 0 Å². The molecule has 70 valence electrons. The first-order valence-electron chi connectivity index (χ1n) is 4.29. The van der Waals surface area contributed by atoms with Crippen molar-refractivity contribution < 1.29 is 4.79 Å². The van der Waals surface area contributed by atoms with E-state index in [1.165, 1.54) is 0 Å². The van der Waals surface area contributed by atoms with Crippen LogP contribution < -0.4 is 11.5 Å². The van der Waals surface area contributed by atoms with Crippen LogP contribution in [0.2, 0.25) is 0 Å². The maximum Gasteiger partial charge on any atom is 0.218 e. The number of halogens is 1. The quantitative estimate of drug-likeness (QED) is 0.640. The highest BCUT2D eigenvalue weighted by atomic mass is 35.5. The summed E-state index contributed by atoms with van der Waals surface area (Å²) < 4.78 is 0. The molecule has 1 saturated carbocycles. The number of rotatable bonds is 3. The van der Waals surface area contributed by atoms with E-state index in [-0.39, 0.29) is 29.7 Å². The highest BCUT2D eigenvalue weighted by Gasteiger charge is 2.30. The fourth-order valence-electron chi connectivity index (χ4n) is 1.81. The number of nitrogens with two attached hydrogens (primary N) is 2. The molecule has 0 aromatic rings. The van der Waals surface area contributed by atoms with Gasteiger partial charge in [-0.15, -0.1) is 11.6 Å². The highest BCUT2D eigenvalue weighted by Crippen LogP contribution is 2.31. The summed E-state index contributed by atoms with van der Waals surface area (Å²) >= 11 is 6.00. The van der Waals surface area contributed by atoms with Gasteiger partial charge in [0.1, 0.15) is 0 Å². The summed E-state index contributed by atoms with van der Waals surface area (Å²) in [6, 6.07) is 0.159. The van der Waals surface area contributed by atoms with E-state index >= 15 is 0 Å². The van der Waals surface area contributed by atoms with Crippen LogP contribution in [-0.2, 0) is 4.79 Å². The third-order valence-corrected chi connectivity index (χ3v) is 2.96. The van der Waals surface area contributed by atoms with E-state index in [4.69, 9.17) is 23.1 Å². The molecule has 0 aromatic heterocycles. The van der Waals surface area contributed by atoms with Gasteiger partial charge in [-0.1, -0.05) is 6.42 Å². The summed E-state index contributed by atoms with van der Waals surface area (Å²) in [6.07, 6.45) is 3.42. The summed E-state index contributed by atoms with van der Waals surface area (Å²) in [5.41, 5.74) is 10.9. The van der Waals surface area contributed by atoms with E-state index in [1.54, 1.807) is 0 Å². The van der Waals surface area contributed by atoms with Gasteiger partial charge in [-0.3, -0.25) is 4.79 Å². The average Bonchev–Trinajstić information content (AvgIpc) is 2.33. The van der Waals surface area contributed by atoms with Crippen molar-refractivity contribution in [1.29, 1.82) is 0 Å². The molecule has 1 fully saturated rings. The molecule has 0 saturated heterocycles. The van der Waals surface area contributed by atoms with Gasteiger partial charge in [0.05, 0.1) is 0 Å². The smallest absolute Gasteiger partial charge is 0.218 e. The van der Waals surface area contributed by atoms with Gasteiger partial charge in [0.2, 0.25) is 5.91 Å². The van der Waals surface area contributed by atoms with Gasteiger partial charge in [0, 0.05) is 17.8 Å². The van der Waals surface area contributed by atoms with Crippen LogP contribution in [0, 0.1) is 5.92 Å². The fourth-order valence-corrected chi connectivity index (χ4v) is 2.27. The third-order valence-electron chi connectivity index (χ3n) is 2.49. The zero-order valence-corrected chi connectivity index (χ0v) is 7.76. The molecule has 4 heteroatoms. The predicted octanol–water partition coefficient (Wildman–Crippen LogP) is 0.597. The van der Waals surface area contributed by atoms with Crippen LogP contribution in [0.3, 0.4) is 0 Å². The minimum Gasteiger partial charge on any atom is -0.370 e. The molecule has 4 N–H and O–H groups in total. The number of carbonyl (C=O) groups is 1. The van der Waals surface area contributed by atoms with Crippen LogP contribution in [0.1, 0.15) is 25.7 Å². The van der Waals surface area contributed by atoms with E-state index in [2.05, 4.69) is 0 Å². The number of alkyl halides is 1. The lowest BCUT2D eigenvalue weighted by Crippen LogP contribution is -2.33. The monoisotopic (exact) mass is 190 g/mol. The van der Waals surface area contributed by atoms with Gasteiger partial charge in [0.25, 0.3) is 0 Å². The SMILES string of the molecule is NC(=O)CC(Cl)C1CCCC1N. The first kappa shape index (κ1) is 9.81. The Bertz CT molecular complexity index is 174. The second kappa shape index (κ2) is 4.10. The maximum absolute atomic E-state index is 10.6.